The molecule has 1 saturated heterocycles. The number of likely N-dealkylation sites (N-methyl/N-ethyl adjacent to an activating group) is 3. The first-order valence-corrected chi connectivity index (χ1v) is 25.0. The molecule has 0 spiro atoms. The Morgan fingerprint density at radius 2 is 1.13 bits per heavy atom. The van der Waals surface area contributed by atoms with Crippen LogP contribution in [0.25, 0.3) is 10.9 Å². The number of nitriles is 1. The Morgan fingerprint density at radius 3 is 1.63 bits per heavy atom. The fourth-order valence-electron chi connectivity index (χ4n) is 9.00. The number of amides is 6. The van der Waals surface area contributed by atoms with Crippen LogP contribution in [0, 0.1) is 35.0 Å². The number of cyclic esters (lactones) is 1. The highest BCUT2D eigenvalue weighted by molar-refractivity contribution is 5.98. The number of hydrogen-bond acceptors (Lipinski definition) is 10. The molecule has 0 bridgehead atoms. The highest BCUT2D eigenvalue weighted by Gasteiger charge is 2.40. The first kappa shape index (κ1) is 57.1. The summed E-state index contributed by atoms with van der Waals surface area (Å²) in [5, 5.41) is 19.1. The first-order chi connectivity index (χ1) is 33.5. The van der Waals surface area contributed by atoms with Crippen LogP contribution in [0.15, 0.2) is 54.7 Å². The molecule has 1 fully saturated rings. The number of ether oxygens (including phenoxy) is 2. The van der Waals surface area contributed by atoms with Crippen LogP contribution in [0.5, 0.6) is 5.75 Å². The molecule has 71 heavy (non-hydrogen) atoms. The fraction of sp³-hybridized carbons (Fsp3) is 0.593. The van der Waals surface area contributed by atoms with Crippen molar-refractivity contribution in [2.75, 3.05) is 28.3 Å². The Hall–Kier alpha value is -6.44. The van der Waals surface area contributed by atoms with Gasteiger partial charge in [0.1, 0.15) is 42.0 Å². The number of nitrogens with zero attached hydrogens (tertiary/aromatic N) is 5. The predicted molar refractivity (Wildman–Crippen MR) is 271 cm³/mol. The molecule has 0 saturated carbocycles. The fourth-order valence-corrected chi connectivity index (χ4v) is 9.00. The van der Waals surface area contributed by atoms with Crippen LogP contribution >= 0.6 is 0 Å². The maximum absolute atomic E-state index is 15.1. The maximum atomic E-state index is 15.1. The topological polar surface area (TPSA) is 212 Å². The molecule has 3 N–H and O–H groups in total. The normalized spacial score (nSPS) is 23.0. The zero-order valence-corrected chi connectivity index (χ0v) is 44.1. The number of hydrogen-bond donors (Lipinski definition) is 3. The van der Waals surface area contributed by atoms with Gasteiger partial charge < -0.3 is 44.7 Å². The van der Waals surface area contributed by atoms with Crippen LogP contribution in [-0.2, 0) is 51.3 Å². The van der Waals surface area contributed by atoms with Crippen LogP contribution < -0.4 is 20.7 Å². The van der Waals surface area contributed by atoms with Crippen molar-refractivity contribution in [3.05, 3.63) is 65.9 Å². The number of nitrogens with one attached hydrogen (secondary N) is 3. The van der Waals surface area contributed by atoms with Gasteiger partial charge in [0.05, 0.1) is 13.2 Å². The summed E-state index contributed by atoms with van der Waals surface area (Å²) < 4.78 is 13.2. The summed E-state index contributed by atoms with van der Waals surface area (Å²) in [7, 11) is 6.01. The second-order valence-corrected chi connectivity index (χ2v) is 20.7. The lowest BCUT2D eigenvalue weighted by Gasteiger charge is -2.35. The summed E-state index contributed by atoms with van der Waals surface area (Å²) in [5.74, 6) is -4.43. The van der Waals surface area contributed by atoms with Gasteiger partial charge in [-0.1, -0.05) is 85.7 Å². The molecule has 4 rings (SSSR count). The quantitative estimate of drug-likeness (QED) is 0.160. The highest BCUT2D eigenvalue weighted by atomic mass is 16.5. The molecule has 1 aliphatic heterocycles. The van der Waals surface area contributed by atoms with Crippen LogP contribution in [0.3, 0.4) is 0 Å². The molecular weight excluding hydrogens is 905 g/mol. The van der Waals surface area contributed by atoms with Crippen molar-refractivity contribution in [2.45, 2.75) is 156 Å². The number of para-hydroxylation sites is 1. The zero-order chi connectivity index (χ0) is 52.9. The monoisotopic (exact) mass is 983 g/mol. The second kappa shape index (κ2) is 26.1. The number of benzene rings is 2. The molecule has 1 aliphatic rings. The van der Waals surface area contributed by atoms with E-state index in [2.05, 4.69) is 20.5 Å². The van der Waals surface area contributed by atoms with E-state index in [0.29, 0.717) is 6.54 Å². The van der Waals surface area contributed by atoms with Crippen molar-refractivity contribution in [1.82, 2.24) is 35.2 Å². The number of carbonyl (C=O) groups excluding carboxylic acids is 7. The summed E-state index contributed by atoms with van der Waals surface area (Å²) in [6.45, 7) is 17.1. The molecule has 0 radical (unpaired) electrons. The van der Waals surface area contributed by atoms with E-state index in [0.717, 1.165) is 32.7 Å². The van der Waals surface area contributed by atoms with Crippen LogP contribution in [-0.4, -0.2) is 131 Å². The number of carbonyl (C=O) groups is 7. The molecule has 388 valence electrons. The van der Waals surface area contributed by atoms with E-state index in [1.807, 2.05) is 116 Å². The van der Waals surface area contributed by atoms with Gasteiger partial charge in [-0.25, -0.2) is 4.79 Å². The van der Waals surface area contributed by atoms with E-state index >= 15 is 9.59 Å². The third-order valence-corrected chi connectivity index (χ3v) is 13.0. The van der Waals surface area contributed by atoms with Gasteiger partial charge >= 0.3 is 5.97 Å². The smallest absolute Gasteiger partial charge is 0.329 e. The molecule has 1 aromatic heterocycles. The van der Waals surface area contributed by atoms with Gasteiger partial charge in [0.25, 0.3) is 5.91 Å². The van der Waals surface area contributed by atoms with Crippen molar-refractivity contribution in [3.8, 4) is 11.8 Å². The summed E-state index contributed by atoms with van der Waals surface area (Å²) in [6, 6.07) is 10.4. The minimum absolute atomic E-state index is 0.0171. The van der Waals surface area contributed by atoms with Crippen molar-refractivity contribution in [2.24, 2.45) is 23.7 Å². The van der Waals surface area contributed by atoms with E-state index < -0.39 is 83.8 Å². The maximum Gasteiger partial charge on any atom is 0.329 e. The number of aromatic nitrogens is 1. The van der Waals surface area contributed by atoms with E-state index in [-0.39, 0.29) is 68.6 Å². The molecule has 2 aromatic carbocycles. The summed E-state index contributed by atoms with van der Waals surface area (Å²) >= 11 is 0. The average molecular weight is 983 g/mol. The number of methoxy groups -OCH3 is 1. The van der Waals surface area contributed by atoms with Gasteiger partial charge in [-0.2, -0.15) is 5.26 Å². The van der Waals surface area contributed by atoms with Crippen LogP contribution in [0.4, 0.5) is 0 Å². The van der Waals surface area contributed by atoms with Crippen molar-refractivity contribution in [1.29, 1.82) is 5.26 Å². The minimum atomic E-state index is -1.50. The third-order valence-electron chi connectivity index (χ3n) is 13.0. The van der Waals surface area contributed by atoms with Gasteiger partial charge in [-0.15, -0.1) is 0 Å². The lowest BCUT2D eigenvalue weighted by atomic mass is 9.96. The van der Waals surface area contributed by atoms with Gasteiger partial charge in [0.2, 0.25) is 29.5 Å². The van der Waals surface area contributed by atoms with Gasteiger partial charge in [0, 0.05) is 64.1 Å². The largest absolute Gasteiger partial charge is 0.497 e. The van der Waals surface area contributed by atoms with Gasteiger partial charge in [0.15, 0.2) is 6.10 Å². The highest BCUT2D eigenvalue weighted by Crippen LogP contribution is 2.27. The molecule has 6 amide bonds. The molecule has 0 aliphatic carbocycles. The molecular formula is C54H78N8O9. The summed E-state index contributed by atoms with van der Waals surface area (Å²) in [4.78, 5) is 106. The zero-order valence-electron chi connectivity index (χ0n) is 44.1. The van der Waals surface area contributed by atoms with Crippen molar-refractivity contribution < 1.29 is 43.0 Å². The number of fused-ring (bicyclic) bond motifs is 1. The van der Waals surface area contributed by atoms with Crippen LogP contribution in [0.1, 0.15) is 112 Å². The molecule has 1 unspecified atom stereocenters. The van der Waals surface area contributed by atoms with E-state index in [9.17, 15) is 29.2 Å². The van der Waals surface area contributed by atoms with E-state index in [1.165, 1.54) is 37.9 Å². The first-order valence-electron chi connectivity index (χ1n) is 25.0. The Labute approximate surface area is 420 Å². The molecule has 17 heteroatoms. The van der Waals surface area contributed by atoms with Gasteiger partial charge in [-0.3, -0.25) is 28.8 Å². The standard InChI is InChI=1S/C54H78N8O9/c1-32(2)25-41-51(66)59(10)36(9)54(69)71-47(19-16-24-55)50(65)58-43(27-34(5)6)53(68)60(11)45(28-35(7)8)48(63)57-42(26-33(3)4)52(67)61(12)46(49(64)56-41)29-38-31-62(44-18-15-14-17-40(38)44)30-37-20-22-39(70-13)23-21-37/h14-15,17-18,20-23,31-36,41-43,45-47H,16,19,25-30H2,1-13H3,(H,56,64)(H,57,63)(H,58,65)/t36-,41-,42-,43-,45-,46-,47?/m0/s1. The summed E-state index contributed by atoms with van der Waals surface area (Å²) in [5.41, 5.74) is 2.66. The Morgan fingerprint density at radius 1 is 0.648 bits per heavy atom. The van der Waals surface area contributed by atoms with Crippen LogP contribution in [0.2, 0.25) is 0 Å². The third kappa shape index (κ3) is 15.5. The molecule has 3 aromatic rings. The van der Waals surface area contributed by atoms with Gasteiger partial charge in [-0.05, 0) is 85.6 Å². The minimum Gasteiger partial charge on any atom is -0.497 e. The average Bonchev–Trinajstić information content (AvgIpc) is 3.66. The lowest BCUT2D eigenvalue weighted by Crippen LogP contribution is -2.60. The Balaban J connectivity index is 1.92. The summed E-state index contributed by atoms with van der Waals surface area (Å²) in [6.07, 6.45) is 0.851. The molecule has 7 atom stereocenters. The van der Waals surface area contributed by atoms with E-state index in [4.69, 9.17) is 9.47 Å². The predicted octanol–water partition coefficient (Wildman–Crippen LogP) is 5.61. The second-order valence-electron chi connectivity index (χ2n) is 20.7. The van der Waals surface area contributed by atoms with E-state index in [1.54, 1.807) is 7.11 Å². The lowest BCUT2D eigenvalue weighted by molar-refractivity contribution is -0.163. The SMILES string of the molecule is COc1ccc(Cn2cc(C[C@H]3C(=O)N[C@@H](CC(C)C)C(=O)N(C)[C@@H](C)C(=O)OC(CCC#N)C(=O)N[C@@H](CC(C)C)C(=O)N(C)[C@@H](CC(C)C)C(=O)N[C@@H](CC(C)C)C(=O)N3C)c3ccccc32)cc1. The number of rotatable bonds is 15. The number of esters is 1. The Kier molecular flexibility index (Phi) is 21.0. The van der Waals surface area contributed by atoms with Crippen molar-refractivity contribution >= 4 is 52.3 Å². The van der Waals surface area contributed by atoms with Crippen molar-refractivity contribution in [3.63, 3.8) is 0 Å². The Bertz CT molecular complexity index is 2370. The molecule has 2 heterocycles. The molecule has 17 nitrogen and oxygen atoms in total.